The molecule has 1 aliphatic heterocycles. The Bertz CT molecular complexity index is 547. The molecule has 0 bridgehead atoms. The van der Waals surface area contributed by atoms with Gasteiger partial charge in [-0.2, -0.15) is 0 Å². The van der Waals surface area contributed by atoms with E-state index in [9.17, 15) is 0 Å². The second kappa shape index (κ2) is 6.24. The lowest BCUT2D eigenvalue weighted by Crippen LogP contribution is -2.37. The van der Waals surface area contributed by atoms with E-state index in [4.69, 9.17) is 14.9 Å². The molecule has 5 heteroatoms. The summed E-state index contributed by atoms with van der Waals surface area (Å²) in [6, 6.07) is 3.89. The van der Waals surface area contributed by atoms with Gasteiger partial charge >= 0.3 is 0 Å². The number of rotatable bonds is 5. The summed E-state index contributed by atoms with van der Waals surface area (Å²) in [4.78, 5) is 6.83. The maximum Gasteiger partial charge on any atom is 0.139 e. The fourth-order valence-electron chi connectivity index (χ4n) is 2.70. The van der Waals surface area contributed by atoms with Crippen LogP contribution < -0.4 is 10.6 Å². The van der Waals surface area contributed by atoms with Crippen molar-refractivity contribution in [2.24, 2.45) is 5.73 Å². The minimum Gasteiger partial charge on any atom is -0.464 e. The van der Waals surface area contributed by atoms with Crippen LogP contribution in [0.25, 0.3) is 11.0 Å². The topological polar surface area (TPSA) is 64.5 Å². The van der Waals surface area contributed by atoms with Gasteiger partial charge in [-0.05, 0) is 37.9 Å². The van der Waals surface area contributed by atoms with Gasteiger partial charge in [-0.3, -0.25) is 0 Å². The number of anilines is 1. The van der Waals surface area contributed by atoms with Crippen LogP contribution in [0, 0.1) is 0 Å². The first-order valence-electron chi connectivity index (χ1n) is 7.27. The zero-order valence-corrected chi connectivity index (χ0v) is 11.6. The molecular formula is C15H21N3O2. The molecule has 0 aliphatic carbocycles. The molecule has 0 radical (unpaired) electrons. The lowest BCUT2D eigenvalue weighted by Gasteiger charge is -2.33. The van der Waals surface area contributed by atoms with Gasteiger partial charge in [-0.1, -0.05) is 0 Å². The molecule has 0 atom stereocenters. The molecule has 0 amide bonds. The SMILES string of the molecule is NCCCOC1CCN(c2nccc3occc23)CC1. The Morgan fingerprint density at radius 2 is 2.20 bits per heavy atom. The van der Waals surface area contributed by atoms with Crippen LogP contribution in [0.5, 0.6) is 0 Å². The second-order valence-corrected chi connectivity index (χ2v) is 5.17. The van der Waals surface area contributed by atoms with E-state index in [0.29, 0.717) is 12.6 Å². The predicted octanol–water partition coefficient (Wildman–Crippen LogP) is 2.16. The first-order valence-corrected chi connectivity index (χ1v) is 7.27. The molecule has 3 heterocycles. The molecule has 20 heavy (non-hydrogen) atoms. The van der Waals surface area contributed by atoms with Crippen LogP contribution in [0.1, 0.15) is 19.3 Å². The third kappa shape index (κ3) is 2.78. The molecule has 3 rings (SSSR count). The minimum absolute atomic E-state index is 0.362. The van der Waals surface area contributed by atoms with E-state index in [1.807, 2.05) is 18.3 Å². The van der Waals surface area contributed by atoms with Gasteiger partial charge in [0.2, 0.25) is 0 Å². The Labute approximate surface area is 118 Å². The summed E-state index contributed by atoms with van der Waals surface area (Å²) < 4.78 is 11.3. The van der Waals surface area contributed by atoms with E-state index < -0.39 is 0 Å². The second-order valence-electron chi connectivity index (χ2n) is 5.17. The van der Waals surface area contributed by atoms with E-state index in [2.05, 4.69) is 9.88 Å². The van der Waals surface area contributed by atoms with Crippen LogP contribution in [-0.4, -0.2) is 37.3 Å². The van der Waals surface area contributed by atoms with Crippen molar-refractivity contribution < 1.29 is 9.15 Å². The Hall–Kier alpha value is -1.59. The van der Waals surface area contributed by atoms with Crippen LogP contribution >= 0.6 is 0 Å². The van der Waals surface area contributed by atoms with E-state index in [1.54, 1.807) is 6.26 Å². The summed E-state index contributed by atoms with van der Waals surface area (Å²) in [5, 5.41) is 1.09. The van der Waals surface area contributed by atoms with Gasteiger partial charge in [0.25, 0.3) is 0 Å². The Morgan fingerprint density at radius 3 is 3.00 bits per heavy atom. The maximum atomic E-state index is 5.83. The number of hydrogen-bond acceptors (Lipinski definition) is 5. The highest BCUT2D eigenvalue weighted by molar-refractivity contribution is 5.88. The standard InChI is InChI=1S/C15H21N3O2/c16-6-1-10-19-12-3-8-18(9-4-12)15-13-5-11-20-14(13)2-7-17-15/h2,5,7,11-12H,1,3-4,6,8-10,16H2. The first kappa shape index (κ1) is 13.4. The van der Waals surface area contributed by atoms with Crippen molar-refractivity contribution in [3.63, 3.8) is 0 Å². The monoisotopic (exact) mass is 275 g/mol. The van der Waals surface area contributed by atoms with Gasteiger partial charge in [0.1, 0.15) is 11.4 Å². The Kier molecular flexibility index (Phi) is 4.18. The predicted molar refractivity (Wildman–Crippen MR) is 78.9 cm³/mol. The van der Waals surface area contributed by atoms with E-state index >= 15 is 0 Å². The molecule has 1 fully saturated rings. The molecular weight excluding hydrogens is 254 g/mol. The number of pyridine rings is 1. The summed E-state index contributed by atoms with van der Waals surface area (Å²) >= 11 is 0. The van der Waals surface area contributed by atoms with Crippen LogP contribution in [0.4, 0.5) is 5.82 Å². The molecule has 1 aliphatic rings. The van der Waals surface area contributed by atoms with Crippen molar-refractivity contribution in [3.05, 3.63) is 24.6 Å². The summed E-state index contributed by atoms with van der Waals surface area (Å²) in [7, 11) is 0. The number of piperidine rings is 1. The van der Waals surface area contributed by atoms with Crippen molar-refractivity contribution in [1.82, 2.24) is 4.98 Å². The third-order valence-electron chi connectivity index (χ3n) is 3.80. The zero-order valence-electron chi connectivity index (χ0n) is 11.6. The fraction of sp³-hybridized carbons (Fsp3) is 0.533. The summed E-state index contributed by atoms with van der Waals surface area (Å²) in [6.45, 7) is 3.43. The van der Waals surface area contributed by atoms with E-state index in [0.717, 1.165) is 55.7 Å². The van der Waals surface area contributed by atoms with Crippen molar-refractivity contribution in [2.45, 2.75) is 25.4 Å². The number of ether oxygens (including phenoxy) is 1. The number of nitrogens with zero attached hydrogens (tertiary/aromatic N) is 2. The Balaban J connectivity index is 1.62. The van der Waals surface area contributed by atoms with E-state index in [1.165, 1.54) is 0 Å². The lowest BCUT2D eigenvalue weighted by atomic mass is 10.1. The normalized spacial score (nSPS) is 16.9. The summed E-state index contributed by atoms with van der Waals surface area (Å²) in [6.07, 6.45) is 6.92. The van der Waals surface area contributed by atoms with Gasteiger partial charge in [0, 0.05) is 25.9 Å². The average molecular weight is 275 g/mol. The molecule has 5 nitrogen and oxygen atoms in total. The molecule has 2 N–H and O–H groups in total. The molecule has 0 aromatic carbocycles. The largest absolute Gasteiger partial charge is 0.464 e. The zero-order chi connectivity index (χ0) is 13.8. The van der Waals surface area contributed by atoms with Gasteiger partial charge in [0.15, 0.2) is 0 Å². The minimum atomic E-state index is 0.362. The first-order chi connectivity index (χ1) is 9.88. The van der Waals surface area contributed by atoms with Gasteiger partial charge < -0.3 is 19.8 Å². The quantitative estimate of drug-likeness (QED) is 0.847. The van der Waals surface area contributed by atoms with E-state index in [-0.39, 0.29) is 0 Å². The van der Waals surface area contributed by atoms with Gasteiger partial charge in [-0.15, -0.1) is 0 Å². The highest BCUT2D eigenvalue weighted by Gasteiger charge is 2.22. The van der Waals surface area contributed by atoms with Crippen molar-refractivity contribution >= 4 is 16.8 Å². The number of nitrogens with two attached hydrogens (primary N) is 1. The number of hydrogen-bond donors (Lipinski definition) is 1. The average Bonchev–Trinajstić information content (AvgIpc) is 2.97. The van der Waals surface area contributed by atoms with Crippen molar-refractivity contribution in [3.8, 4) is 0 Å². The molecule has 108 valence electrons. The maximum absolute atomic E-state index is 5.83. The van der Waals surface area contributed by atoms with Gasteiger partial charge in [-0.25, -0.2) is 4.98 Å². The van der Waals surface area contributed by atoms with Crippen LogP contribution in [0.3, 0.4) is 0 Å². The molecule has 2 aromatic heterocycles. The molecule has 2 aromatic rings. The summed E-state index contributed by atoms with van der Waals surface area (Å²) in [5.74, 6) is 1.02. The molecule has 0 unspecified atom stereocenters. The molecule has 0 saturated carbocycles. The smallest absolute Gasteiger partial charge is 0.139 e. The Morgan fingerprint density at radius 1 is 1.35 bits per heavy atom. The highest BCUT2D eigenvalue weighted by Crippen LogP contribution is 2.27. The molecule has 0 spiro atoms. The van der Waals surface area contributed by atoms with Crippen LogP contribution in [0.2, 0.25) is 0 Å². The third-order valence-corrected chi connectivity index (χ3v) is 3.80. The van der Waals surface area contributed by atoms with Crippen molar-refractivity contribution in [1.29, 1.82) is 0 Å². The highest BCUT2D eigenvalue weighted by atomic mass is 16.5. The number of aromatic nitrogens is 1. The summed E-state index contributed by atoms with van der Waals surface area (Å²) in [5.41, 5.74) is 6.38. The van der Waals surface area contributed by atoms with Crippen LogP contribution in [-0.2, 0) is 4.74 Å². The van der Waals surface area contributed by atoms with Gasteiger partial charge in [0.05, 0.1) is 17.8 Å². The fourth-order valence-corrected chi connectivity index (χ4v) is 2.70. The molecule has 1 saturated heterocycles. The van der Waals surface area contributed by atoms with Crippen LogP contribution in [0.15, 0.2) is 29.0 Å². The van der Waals surface area contributed by atoms with Crippen molar-refractivity contribution in [2.75, 3.05) is 31.1 Å². The lowest BCUT2D eigenvalue weighted by molar-refractivity contribution is 0.0366. The number of furan rings is 1. The number of fused-ring (bicyclic) bond motifs is 1.